The quantitative estimate of drug-likeness (QED) is 0.0261. The summed E-state index contributed by atoms with van der Waals surface area (Å²) in [5, 5.41) is 0. The van der Waals surface area contributed by atoms with Gasteiger partial charge in [0.2, 0.25) is 0 Å². The zero-order chi connectivity index (χ0) is 59.2. The molecule has 6 heteroatoms. The molecule has 0 saturated heterocycles. The molecule has 0 amide bonds. The van der Waals surface area contributed by atoms with Crippen LogP contribution in [0.2, 0.25) is 0 Å². The lowest BCUT2D eigenvalue weighted by Crippen LogP contribution is -2.30. The van der Waals surface area contributed by atoms with Crippen LogP contribution < -0.4 is 0 Å². The predicted molar refractivity (Wildman–Crippen MR) is 357 cm³/mol. The minimum atomic E-state index is -0.803. The van der Waals surface area contributed by atoms with E-state index in [0.717, 1.165) is 135 Å². The second-order valence-corrected chi connectivity index (χ2v) is 22.7. The molecule has 0 fully saturated rings. The summed E-state index contributed by atoms with van der Waals surface area (Å²) < 4.78 is 16.9. The highest BCUT2D eigenvalue weighted by Gasteiger charge is 2.19. The number of rotatable bonds is 62. The van der Waals surface area contributed by atoms with Gasteiger partial charge in [0.05, 0.1) is 0 Å². The Hall–Kier alpha value is -4.19. The van der Waals surface area contributed by atoms with Crippen LogP contribution in [-0.2, 0) is 28.6 Å². The van der Waals surface area contributed by atoms with Gasteiger partial charge in [-0.25, -0.2) is 0 Å². The Bertz CT molecular complexity index is 1690. The van der Waals surface area contributed by atoms with Gasteiger partial charge >= 0.3 is 17.9 Å². The van der Waals surface area contributed by atoms with Crippen LogP contribution in [0.4, 0.5) is 0 Å². The first kappa shape index (κ1) is 77.8. The number of unbranched alkanes of at least 4 members (excludes halogenated alkanes) is 31. The normalized spacial score (nSPS) is 12.9. The van der Waals surface area contributed by atoms with E-state index in [-0.39, 0.29) is 31.1 Å². The fraction of sp³-hybridized carbons (Fsp3) is 0.697. The number of ether oxygens (including phenoxy) is 3. The second-order valence-electron chi connectivity index (χ2n) is 22.7. The van der Waals surface area contributed by atoms with E-state index in [4.69, 9.17) is 14.2 Å². The standard InChI is InChI=1S/C76H128O6/c1-4-7-10-13-16-19-22-25-28-30-32-34-36-38-40-42-44-46-48-51-54-57-60-63-66-69-75(78)81-72-73(71-80-74(77)68-65-62-59-56-53-50-27-24-21-18-15-12-9-6-3)82-76(79)70-67-64-61-58-55-52-49-47-45-43-41-39-37-35-33-31-29-26-23-20-17-14-11-8-5-2/h7,10,15-16,18-19,24-25,27-28,31-34,38,40,44,46,51,54,73H,4-6,8-9,11-14,17,20-23,26,29-30,35-37,39,41-43,45,47-50,52-53,55-72H2,1-3H3/b10-7-,18-15-,19-16-,27-24-,28-25-,33-31-,34-32-,40-38-,46-44-,54-51-. The van der Waals surface area contributed by atoms with Crippen LogP contribution in [0.3, 0.4) is 0 Å². The van der Waals surface area contributed by atoms with Crippen LogP contribution in [0, 0.1) is 0 Å². The zero-order valence-corrected chi connectivity index (χ0v) is 53.7. The molecule has 0 aliphatic heterocycles. The lowest BCUT2D eigenvalue weighted by atomic mass is 10.0. The van der Waals surface area contributed by atoms with Gasteiger partial charge in [-0.1, -0.05) is 296 Å². The molecule has 0 aromatic carbocycles. The third-order valence-corrected chi connectivity index (χ3v) is 14.7. The van der Waals surface area contributed by atoms with Gasteiger partial charge in [0.25, 0.3) is 0 Å². The van der Waals surface area contributed by atoms with Crippen molar-refractivity contribution in [2.45, 2.75) is 329 Å². The average molecular weight is 1140 g/mol. The summed E-state index contributed by atoms with van der Waals surface area (Å²) in [6.07, 6.45) is 96.5. The van der Waals surface area contributed by atoms with E-state index in [1.165, 1.54) is 148 Å². The van der Waals surface area contributed by atoms with E-state index in [1.807, 2.05) is 0 Å². The summed E-state index contributed by atoms with van der Waals surface area (Å²) in [5.41, 5.74) is 0. The smallest absolute Gasteiger partial charge is 0.306 e. The maximum Gasteiger partial charge on any atom is 0.306 e. The zero-order valence-electron chi connectivity index (χ0n) is 53.7. The van der Waals surface area contributed by atoms with Gasteiger partial charge in [0, 0.05) is 19.3 Å². The van der Waals surface area contributed by atoms with Crippen molar-refractivity contribution in [2.24, 2.45) is 0 Å². The Morgan fingerprint density at radius 2 is 0.488 bits per heavy atom. The van der Waals surface area contributed by atoms with Crippen LogP contribution in [0.5, 0.6) is 0 Å². The number of hydrogen-bond acceptors (Lipinski definition) is 6. The molecule has 6 nitrogen and oxygen atoms in total. The molecule has 0 N–H and O–H groups in total. The van der Waals surface area contributed by atoms with Gasteiger partial charge in [-0.3, -0.25) is 14.4 Å². The maximum absolute atomic E-state index is 13.0. The van der Waals surface area contributed by atoms with Crippen LogP contribution in [0.1, 0.15) is 323 Å². The third-order valence-electron chi connectivity index (χ3n) is 14.7. The fourth-order valence-electron chi connectivity index (χ4n) is 9.49. The SMILES string of the molecule is CC/C=C\C/C=C\C/C=C\C/C=C\C/C=C\C/C=C\C/C=C\CCCCCC(=O)OCC(COC(=O)CCCCCCC/C=C\C/C=C\CCCC)OC(=O)CCCCCCCCCCCCCCC/C=C\CCCCCCCCCC. The summed E-state index contributed by atoms with van der Waals surface area (Å²) >= 11 is 0. The number of allylic oxidation sites excluding steroid dienone is 20. The lowest BCUT2D eigenvalue weighted by molar-refractivity contribution is -0.167. The van der Waals surface area contributed by atoms with Crippen molar-refractivity contribution in [3.05, 3.63) is 122 Å². The highest BCUT2D eigenvalue weighted by atomic mass is 16.6. The van der Waals surface area contributed by atoms with E-state index in [1.54, 1.807) is 0 Å². The molecule has 468 valence electrons. The largest absolute Gasteiger partial charge is 0.462 e. The van der Waals surface area contributed by atoms with Gasteiger partial charge in [-0.05, 0) is 128 Å². The van der Waals surface area contributed by atoms with E-state index >= 15 is 0 Å². The summed E-state index contributed by atoms with van der Waals surface area (Å²) in [5.74, 6) is -0.935. The molecule has 0 rings (SSSR count). The summed E-state index contributed by atoms with van der Waals surface area (Å²) in [6.45, 7) is 6.47. The number of hydrogen-bond donors (Lipinski definition) is 0. The summed E-state index contributed by atoms with van der Waals surface area (Å²) in [6, 6.07) is 0. The summed E-state index contributed by atoms with van der Waals surface area (Å²) in [7, 11) is 0. The van der Waals surface area contributed by atoms with Crippen LogP contribution >= 0.6 is 0 Å². The topological polar surface area (TPSA) is 78.9 Å². The Balaban J connectivity index is 4.40. The van der Waals surface area contributed by atoms with E-state index < -0.39 is 6.10 Å². The van der Waals surface area contributed by atoms with Crippen molar-refractivity contribution < 1.29 is 28.6 Å². The van der Waals surface area contributed by atoms with Gasteiger partial charge in [-0.15, -0.1) is 0 Å². The van der Waals surface area contributed by atoms with Crippen molar-refractivity contribution >= 4 is 17.9 Å². The predicted octanol–water partition coefficient (Wildman–Crippen LogP) is 23.9. The van der Waals surface area contributed by atoms with Gasteiger partial charge in [0.15, 0.2) is 6.10 Å². The van der Waals surface area contributed by atoms with E-state index in [2.05, 4.69) is 142 Å². The van der Waals surface area contributed by atoms with Gasteiger partial charge in [0.1, 0.15) is 13.2 Å². The average Bonchev–Trinajstić information content (AvgIpc) is 3.47. The molecule has 0 bridgehead atoms. The van der Waals surface area contributed by atoms with Crippen molar-refractivity contribution in [3.63, 3.8) is 0 Å². The third kappa shape index (κ3) is 66.6. The molecule has 0 aromatic heterocycles. The molecule has 0 aliphatic rings. The molecule has 0 aromatic rings. The van der Waals surface area contributed by atoms with Crippen LogP contribution in [0.15, 0.2) is 122 Å². The molecular formula is C76H128O6. The van der Waals surface area contributed by atoms with Crippen molar-refractivity contribution in [2.75, 3.05) is 13.2 Å². The monoisotopic (exact) mass is 1140 g/mol. The Labute approximate surface area is 507 Å². The summed E-state index contributed by atoms with van der Waals surface area (Å²) in [4.78, 5) is 38.4. The number of carbonyl (C=O) groups is 3. The van der Waals surface area contributed by atoms with Crippen molar-refractivity contribution in [1.29, 1.82) is 0 Å². The van der Waals surface area contributed by atoms with E-state index in [0.29, 0.717) is 19.3 Å². The van der Waals surface area contributed by atoms with Crippen LogP contribution in [0.25, 0.3) is 0 Å². The molecule has 1 atom stereocenters. The van der Waals surface area contributed by atoms with Gasteiger partial charge < -0.3 is 14.2 Å². The molecule has 1 unspecified atom stereocenters. The van der Waals surface area contributed by atoms with Crippen molar-refractivity contribution in [3.8, 4) is 0 Å². The Morgan fingerprint density at radius 3 is 0.805 bits per heavy atom. The fourth-order valence-corrected chi connectivity index (χ4v) is 9.49. The molecule has 82 heavy (non-hydrogen) atoms. The minimum Gasteiger partial charge on any atom is -0.462 e. The highest BCUT2D eigenvalue weighted by Crippen LogP contribution is 2.16. The molecule has 0 radical (unpaired) electrons. The molecule has 0 spiro atoms. The minimum absolute atomic E-state index is 0.0973. The highest BCUT2D eigenvalue weighted by molar-refractivity contribution is 5.71. The number of esters is 3. The first-order valence-corrected chi connectivity index (χ1v) is 34.5. The van der Waals surface area contributed by atoms with Crippen LogP contribution in [-0.4, -0.2) is 37.2 Å². The number of carbonyl (C=O) groups excluding carboxylic acids is 3. The molecular weight excluding hydrogens is 1010 g/mol. The second kappa shape index (κ2) is 69.3. The lowest BCUT2D eigenvalue weighted by Gasteiger charge is -2.18. The molecule has 0 heterocycles. The maximum atomic E-state index is 13.0. The molecule has 0 aliphatic carbocycles. The first-order valence-electron chi connectivity index (χ1n) is 34.5. The van der Waals surface area contributed by atoms with Gasteiger partial charge in [-0.2, -0.15) is 0 Å². The Kier molecular flexibility index (Phi) is 65.8. The van der Waals surface area contributed by atoms with Crippen molar-refractivity contribution in [1.82, 2.24) is 0 Å². The first-order chi connectivity index (χ1) is 40.5. The molecule has 0 saturated carbocycles. The Morgan fingerprint density at radius 1 is 0.256 bits per heavy atom. The van der Waals surface area contributed by atoms with E-state index in [9.17, 15) is 14.4 Å².